The smallest absolute Gasteiger partial charge is 0.240 e. The molecule has 0 aromatic heterocycles. The van der Waals surface area contributed by atoms with Gasteiger partial charge in [-0.3, -0.25) is 0 Å². The van der Waals surface area contributed by atoms with Crippen molar-refractivity contribution in [2.75, 3.05) is 0 Å². The van der Waals surface area contributed by atoms with Crippen LogP contribution in [0.15, 0.2) is 60.7 Å². The summed E-state index contributed by atoms with van der Waals surface area (Å²) in [5.41, 5.74) is 1.62. The summed E-state index contributed by atoms with van der Waals surface area (Å²) < 4.78 is 36.0. The van der Waals surface area contributed by atoms with E-state index in [2.05, 4.69) is 0 Å². The molecule has 0 N–H and O–H groups in total. The second-order valence-electron chi connectivity index (χ2n) is 6.75. The van der Waals surface area contributed by atoms with Gasteiger partial charge in [0, 0.05) is 0 Å². The van der Waals surface area contributed by atoms with Crippen LogP contribution in [0, 0.1) is 11.8 Å². The third kappa shape index (κ3) is 5.66. The van der Waals surface area contributed by atoms with Crippen molar-refractivity contribution in [1.29, 1.82) is 0 Å². The largest absolute Gasteiger partial charge is 0.401 e. The van der Waals surface area contributed by atoms with E-state index in [0.717, 1.165) is 11.1 Å². The van der Waals surface area contributed by atoms with Gasteiger partial charge in [-0.2, -0.15) is 8.42 Å². The lowest BCUT2D eigenvalue weighted by atomic mass is 9.99. The molecule has 0 heterocycles. The van der Waals surface area contributed by atoms with Crippen molar-refractivity contribution in [3.63, 3.8) is 0 Å². The van der Waals surface area contributed by atoms with Crippen LogP contribution >= 0.6 is 0 Å². The maximum atomic E-state index is 12.6. The molecule has 0 aliphatic carbocycles. The van der Waals surface area contributed by atoms with E-state index in [1.165, 1.54) is 0 Å². The van der Waals surface area contributed by atoms with Gasteiger partial charge in [0.25, 0.3) is 0 Å². The summed E-state index contributed by atoms with van der Waals surface area (Å²) in [6, 6.07) is 18.7. The number of benzene rings is 2. The standard InChI is InChI=1S/C20H26O4S/c1-15(2)19(17-11-7-5-8-12-17)23-25(21,22)24-20(16(3)4)18-13-9-6-10-14-18/h5-16,19-20H,1-4H3. The minimum atomic E-state index is -4.17. The van der Waals surface area contributed by atoms with Crippen molar-refractivity contribution in [3.8, 4) is 0 Å². The van der Waals surface area contributed by atoms with Crippen LogP contribution in [0.3, 0.4) is 0 Å². The second-order valence-corrected chi connectivity index (χ2v) is 7.95. The van der Waals surface area contributed by atoms with Gasteiger partial charge in [-0.1, -0.05) is 88.4 Å². The molecule has 136 valence electrons. The minimum absolute atomic E-state index is 0.0185. The molecule has 0 bridgehead atoms. The van der Waals surface area contributed by atoms with Gasteiger partial charge >= 0.3 is 10.4 Å². The highest BCUT2D eigenvalue weighted by Crippen LogP contribution is 2.32. The van der Waals surface area contributed by atoms with Crippen LogP contribution in [0.4, 0.5) is 0 Å². The molecule has 0 aliphatic rings. The van der Waals surface area contributed by atoms with E-state index in [-0.39, 0.29) is 11.8 Å². The lowest BCUT2D eigenvalue weighted by Crippen LogP contribution is -2.22. The number of hydrogen-bond donors (Lipinski definition) is 0. The Morgan fingerprint density at radius 1 is 0.640 bits per heavy atom. The molecular formula is C20H26O4S. The van der Waals surface area contributed by atoms with E-state index in [1.807, 2.05) is 88.4 Å². The maximum Gasteiger partial charge on any atom is 0.401 e. The fourth-order valence-corrected chi connectivity index (χ4v) is 3.89. The third-order valence-corrected chi connectivity index (χ3v) is 4.80. The van der Waals surface area contributed by atoms with Crippen LogP contribution in [-0.4, -0.2) is 8.42 Å². The summed E-state index contributed by atoms with van der Waals surface area (Å²) in [5, 5.41) is 0. The fourth-order valence-electron chi connectivity index (χ4n) is 2.67. The van der Waals surface area contributed by atoms with Crippen LogP contribution in [0.5, 0.6) is 0 Å². The molecule has 0 spiro atoms. The molecule has 0 radical (unpaired) electrons. The highest BCUT2D eigenvalue weighted by Gasteiger charge is 2.29. The number of hydrogen-bond acceptors (Lipinski definition) is 4. The lowest BCUT2D eigenvalue weighted by molar-refractivity contribution is 0.0825. The Hall–Kier alpha value is -1.69. The van der Waals surface area contributed by atoms with Crippen LogP contribution in [0.1, 0.15) is 51.0 Å². The molecule has 2 aromatic carbocycles. The van der Waals surface area contributed by atoms with E-state index >= 15 is 0 Å². The molecule has 0 saturated heterocycles. The average Bonchev–Trinajstić information content (AvgIpc) is 2.59. The lowest BCUT2D eigenvalue weighted by Gasteiger charge is -2.25. The van der Waals surface area contributed by atoms with Gasteiger partial charge in [0.2, 0.25) is 0 Å². The molecule has 5 heteroatoms. The molecule has 2 unspecified atom stereocenters. The van der Waals surface area contributed by atoms with Gasteiger partial charge in [0.1, 0.15) is 12.2 Å². The monoisotopic (exact) mass is 362 g/mol. The zero-order chi connectivity index (χ0) is 18.4. The predicted octanol–water partition coefficient (Wildman–Crippen LogP) is 5.06. The Labute approximate surface area is 151 Å². The summed E-state index contributed by atoms with van der Waals surface area (Å²) >= 11 is 0. The minimum Gasteiger partial charge on any atom is -0.240 e. The van der Waals surface area contributed by atoms with Gasteiger partial charge < -0.3 is 0 Å². The summed E-state index contributed by atoms with van der Waals surface area (Å²) in [7, 11) is -4.17. The van der Waals surface area contributed by atoms with Crippen LogP contribution in [0.2, 0.25) is 0 Å². The Morgan fingerprint density at radius 2 is 0.960 bits per heavy atom. The topological polar surface area (TPSA) is 52.6 Å². The summed E-state index contributed by atoms with van der Waals surface area (Å²) in [5.74, 6) is -0.0370. The fraction of sp³-hybridized carbons (Fsp3) is 0.400. The Morgan fingerprint density at radius 3 is 1.24 bits per heavy atom. The van der Waals surface area contributed by atoms with Gasteiger partial charge in [-0.25, -0.2) is 8.37 Å². The van der Waals surface area contributed by atoms with Gasteiger partial charge in [0.05, 0.1) is 0 Å². The van der Waals surface area contributed by atoms with Crippen LogP contribution < -0.4 is 0 Å². The molecular weight excluding hydrogens is 336 g/mol. The average molecular weight is 362 g/mol. The Kier molecular flexibility index (Phi) is 6.76. The molecule has 4 nitrogen and oxygen atoms in total. The highest BCUT2D eigenvalue weighted by molar-refractivity contribution is 7.81. The molecule has 2 rings (SSSR count). The van der Waals surface area contributed by atoms with Crippen molar-refractivity contribution >= 4 is 10.4 Å². The highest BCUT2D eigenvalue weighted by atomic mass is 32.3. The van der Waals surface area contributed by atoms with E-state index in [9.17, 15) is 8.42 Å². The molecule has 0 amide bonds. The van der Waals surface area contributed by atoms with Crippen molar-refractivity contribution in [1.82, 2.24) is 0 Å². The van der Waals surface area contributed by atoms with Crippen molar-refractivity contribution in [2.24, 2.45) is 11.8 Å². The van der Waals surface area contributed by atoms with Crippen LogP contribution in [-0.2, 0) is 18.8 Å². The Balaban J connectivity index is 2.21. The normalized spacial score (nSPS) is 14.6. The summed E-state index contributed by atoms with van der Waals surface area (Å²) in [4.78, 5) is 0. The SMILES string of the molecule is CC(C)C(OS(=O)(=O)OC(c1ccccc1)C(C)C)c1ccccc1. The van der Waals surface area contributed by atoms with E-state index in [4.69, 9.17) is 8.37 Å². The van der Waals surface area contributed by atoms with Crippen molar-refractivity contribution in [3.05, 3.63) is 71.8 Å². The predicted molar refractivity (Wildman–Crippen MR) is 99.1 cm³/mol. The zero-order valence-corrected chi connectivity index (χ0v) is 15.9. The third-order valence-electron chi connectivity index (χ3n) is 3.91. The Bertz CT molecular complexity index is 680. The quantitative estimate of drug-likeness (QED) is 0.659. The van der Waals surface area contributed by atoms with Gasteiger partial charge in [-0.15, -0.1) is 0 Å². The number of rotatable bonds is 8. The van der Waals surface area contributed by atoms with E-state index in [1.54, 1.807) is 0 Å². The first-order valence-corrected chi connectivity index (χ1v) is 9.85. The molecule has 0 fully saturated rings. The summed E-state index contributed by atoms with van der Waals surface area (Å²) in [6.45, 7) is 7.68. The molecule has 25 heavy (non-hydrogen) atoms. The van der Waals surface area contributed by atoms with Crippen LogP contribution in [0.25, 0.3) is 0 Å². The molecule has 0 saturated carbocycles. The molecule has 2 aromatic rings. The maximum absolute atomic E-state index is 12.6. The first-order valence-electron chi connectivity index (χ1n) is 8.51. The molecule has 0 aliphatic heterocycles. The first-order chi connectivity index (χ1) is 11.8. The second kappa shape index (κ2) is 8.61. The van der Waals surface area contributed by atoms with Gasteiger partial charge in [0.15, 0.2) is 0 Å². The summed E-state index contributed by atoms with van der Waals surface area (Å²) in [6.07, 6.45) is -1.18. The first kappa shape index (κ1) is 19.6. The zero-order valence-electron chi connectivity index (χ0n) is 15.1. The van der Waals surface area contributed by atoms with E-state index in [0.29, 0.717) is 0 Å². The van der Waals surface area contributed by atoms with Gasteiger partial charge in [-0.05, 0) is 23.0 Å². The van der Waals surface area contributed by atoms with Crippen molar-refractivity contribution < 1.29 is 16.8 Å². The molecule has 2 atom stereocenters. The van der Waals surface area contributed by atoms with Crippen molar-refractivity contribution in [2.45, 2.75) is 39.9 Å². The van der Waals surface area contributed by atoms with E-state index < -0.39 is 22.6 Å².